The Kier molecular flexibility index (Phi) is 4.88. The highest BCUT2D eigenvalue weighted by molar-refractivity contribution is 5.98. The molecule has 0 fully saturated rings. The van der Waals surface area contributed by atoms with Gasteiger partial charge in [-0.25, -0.2) is 0 Å². The fourth-order valence-corrected chi connectivity index (χ4v) is 2.24. The SMILES string of the molecule is Cc1ccccc1C(=O)Cc1ccc(CCC(=O)O)cc1. The number of carbonyl (C=O) groups excluding carboxylic acids is 1. The van der Waals surface area contributed by atoms with Crippen LogP contribution < -0.4 is 0 Å². The van der Waals surface area contributed by atoms with Gasteiger partial charge in [-0.1, -0.05) is 48.5 Å². The third-order valence-corrected chi connectivity index (χ3v) is 3.46. The summed E-state index contributed by atoms with van der Waals surface area (Å²) in [5, 5.41) is 8.66. The molecule has 108 valence electrons. The van der Waals surface area contributed by atoms with Crippen LogP contribution in [0.15, 0.2) is 48.5 Å². The molecule has 2 rings (SSSR count). The number of aryl methyl sites for hydroxylation is 2. The van der Waals surface area contributed by atoms with E-state index in [4.69, 9.17) is 5.11 Å². The second-order valence-electron chi connectivity index (χ2n) is 5.13. The van der Waals surface area contributed by atoms with Crippen molar-refractivity contribution in [2.75, 3.05) is 0 Å². The molecule has 0 heterocycles. The van der Waals surface area contributed by atoms with Crippen LogP contribution in [0.3, 0.4) is 0 Å². The first kappa shape index (κ1) is 15.0. The molecule has 0 saturated heterocycles. The Balaban J connectivity index is 2.02. The molecule has 0 atom stereocenters. The van der Waals surface area contributed by atoms with E-state index in [1.807, 2.05) is 55.5 Å². The largest absolute Gasteiger partial charge is 0.481 e. The summed E-state index contributed by atoms with van der Waals surface area (Å²) in [6, 6.07) is 15.1. The summed E-state index contributed by atoms with van der Waals surface area (Å²) in [5.74, 6) is -0.694. The quantitative estimate of drug-likeness (QED) is 0.826. The molecule has 0 aliphatic heterocycles. The Hall–Kier alpha value is -2.42. The predicted octanol–water partition coefficient (Wildman–Crippen LogP) is 3.44. The van der Waals surface area contributed by atoms with Crippen molar-refractivity contribution in [3.05, 3.63) is 70.8 Å². The highest BCUT2D eigenvalue weighted by Gasteiger charge is 2.09. The molecule has 0 saturated carbocycles. The summed E-state index contributed by atoms with van der Waals surface area (Å²) in [6.07, 6.45) is 1.01. The van der Waals surface area contributed by atoms with Gasteiger partial charge in [0.2, 0.25) is 0 Å². The predicted molar refractivity (Wildman–Crippen MR) is 81.6 cm³/mol. The molecule has 2 aromatic carbocycles. The van der Waals surface area contributed by atoms with Crippen molar-refractivity contribution in [2.24, 2.45) is 0 Å². The summed E-state index contributed by atoms with van der Waals surface area (Å²) in [4.78, 5) is 22.8. The van der Waals surface area contributed by atoms with E-state index in [9.17, 15) is 9.59 Å². The van der Waals surface area contributed by atoms with Gasteiger partial charge in [0.25, 0.3) is 0 Å². The first-order chi connectivity index (χ1) is 10.1. The van der Waals surface area contributed by atoms with Crippen LogP contribution in [-0.4, -0.2) is 16.9 Å². The zero-order valence-electron chi connectivity index (χ0n) is 12.0. The van der Waals surface area contributed by atoms with Crippen molar-refractivity contribution in [1.29, 1.82) is 0 Å². The molecule has 1 N–H and O–H groups in total. The van der Waals surface area contributed by atoms with Gasteiger partial charge in [0, 0.05) is 18.4 Å². The zero-order chi connectivity index (χ0) is 15.2. The number of Topliss-reactive ketones (excluding diaryl/α,β-unsaturated/α-hetero) is 1. The van der Waals surface area contributed by atoms with Crippen LogP contribution in [0.1, 0.15) is 33.5 Å². The Labute approximate surface area is 124 Å². The van der Waals surface area contributed by atoms with E-state index in [-0.39, 0.29) is 12.2 Å². The molecule has 3 nitrogen and oxygen atoms in total. The maximum absolute atomic E-state index is 12.3. The van der Waals surface area contributed by atoms with Crippen LogP contribution in [0.4, 0.5) is 0 Å². The molecule has 0 spiro atoms. The lowest BCUT2D eigenvalue weighted by Crippen LogP contribution is -2.05. The standard InChI is InChI=1S/C18H18O3/c1-13-4-2-3-5-16(13)17(19)12-15-8-6-14(7-9-15)10-11-18(20)21/h2-9H,10-12H2,1H3,(H,20,21). The highest BCUT2D eigenvalue weighted by Crippen LogP contribution is 2.13. The van der Waals surface area contributed by atoms with Gasteiger partial charge in [0.15, 0.2) is 5.78 Å². The van der Waals surface area contributed by atoms with Crippen molar-refractivity contribution < 1.29 is 14.7 Å². The number of hydrogen-bond donors (Lipinski definition) is 1. The van der Waals surface area contributed by atoms with E-state index in [0.29, 0.717) is 12.8 Å². The summed E-state index contributed by atoms with van der Waals surface area (Å²) >= 11 is 0. The minimum Gasteiger partial charge on any atom is -0.481 e. The Morgan fingerprint density at radius 1 is 0.952 bits per heavy atom. The number of rotatable bonds is 6. The lowest BCUT2D eigenvalue weighted by molar-refractivity contribution is -0.136. The maximum Gasteiger partial charge on any atom is 0.303 e. The number of aliphatic carboxylic acids is 1. The van der Waals surface area contributed by atoms with Crippen LogP contribution in [0.2, 0.25) is 0 Å². The molecule has 0 aliphatic rings. The van der Waals surface area contributed by atoms with Gasteiger partial charge in [-0.3, -0.25) is 9.59 Å². The number of ketones is 1. The summed E-state index contributed by atoms with van der Waals surface area (Å²) < 4.78 is 0. The van der Waals surface area contributed by atoms with Gasteiger partial charge in [-0.2, -0.15) is 0 Å². The van der Waals surface area contributed by atoms with Crippen LogP contribution in [0.25, 0.3) is 0 Å². The lowest BCUT2D eigenvalue weighted by Gasteiger charge is -2.06. The molecule has 2 aromatic rings. The van der Waals surface area contributed by atoms with Crippen LogP contribution >= 0.6 is 0 Å². The smallest absolute Gasteiger partial charge is 0.303 e. The van der Waals surface area contributed by atoms with Crippen molar-refractivity contribution >= 4 is 11.8 Å². The minimum absolute atomic E-state index is 0.103. The average Bonchev–Trinajstić information content (AvgIpc) is 2.47. The fraction of sp³-hybridized carbons (Fsp3) is 0.222. The molecule has 0 aliphatic carbocycles. The van der Waals surface area contributed by atoms with E-state index in [2.05, 4.69) is 0 Å². The van der Waals surface area contributed by atoms with Gasteiger partial charge in [-0.05, 0) is 30.0 Å². The topological polar surface area (TPSA) is 54.4 Å². The van der Waals surface area contributed by atoms with Gasteiger partial charge >= 0.3 is 5.97 Å². The van der Waals surface area contributed by atoms with E-state index >= 15 is 0 Å². The molecular formula is C18H18O3. The lowest BCUT2D eigenvalue weighted by atomic mass is 9.98. The Morgan fingerprint density at radius 2 is 1.57 bits per heavy atom. The molecule has 0 radical (unpaired) electrons. The maximum atomic E-state index is 12.3. The molecule has 0 unspecified atom stereocenters. The van der Waals surface area contributed by atoms with Crippen molar-refractivity contribution in [2.45, 2.75) is 26.2 Å². The monoisotopic (exact) mass is 282 g/mol. The third kappa shape index (κ3) is 4.28. The fourth-order valence-electron chi connectivity index (χ4n) is 2.24. The molecule has 0 bridgehead atoms. The van der Waals surface area contributed by atoms with E-state index in [0.717, 1.165) is 22.3 Å². The zero-order valence-corrected chi connectivity index (χ0v) is 12.0. The van der Waals surface area contributed by atoms with Gasteiger partial charge < -0.3 is 5.11 Å². The van der Waals surface area contributed by atoms with Crippen LogP contribution in [0.5, 0.6) is 0 Å². The van der Waals surface area contributed by atoms with Gasteiger partial charge in [0.1, 0.15) is 0 Å². The number of benzene rings is 2. The summed E-state index contributed by atoms with van der Waals surface area (Å²) in [6.45, 7) is 1.93. The first-order valence-electron chi connectivity index (χ1n) is 6.94. The summed E-state index contributed by atoms with van der Waals surface area (Å²) in [7, 11) is 0. The van der Waals surface area contributed by atoms with E-state index in [1.54, 1.807) is 0 Å². The van der Waals surface area contributed by atoms with E-state index < -0.39 is 5.97 Å². The Bertz CT molecular complexity index is 642. The Morgan fingerprint density at radius 3 is 2.19 bits per heavy atom. The number of carboxylic acids is 1. The molecule has 3 heteroatoms. The highest BCUT2D eigenvalue weighted by atomic mass is 16.4. The number of carboxylic acid groups (broad SMARTS) is 1. The van der Waals surface area contributed by atoms with E-state index in [1.165, 1.54) is 0 Å². The molecule has 0 aromatic heterocycles. The summed E-state index contributed by atoms with van der Waals surface area (Å²) in [5.41, 5.74) is 3.67. The molecule has 0 amide bonds. The van der Waals surface area contributed by atoms with Gasteiger partial charge in [-0.15, -0.1) is 0 Å². The first-order valence-corrected chi connectivity index (χ1v) is 6.94. The number of hydrogen-bond acceptors (Lipinski definition) is 2. The van der Waals surface area contributed by atoms with Crippen molar-refractivity contribution in [1.82, 2.24) is 0 Å². The van der Waals surface area contributed by atoms with Crippen LogP contribution in [-0.2, 0) is 17.6 Å². The van der Waals surface area contributed by atoms with Crippen LogP contribution in [0, 0.1) is 6.92 Å². The van der Waals surface area contributed by atoms with Gasteiger partial charge in [0.05, 0.1) is 0 Å². The van der Waals surface area contributed by atoms with Crippen molar-refractivity contribution in [3.63, 3.8) is 0 Å². The molecular weight excluding hydrogens is 264 g/mol. The second kappa shape index (κ2) is 6.84. The third-order valence-electron chi connectivity index (χ3n) is 3.46. The second-order valence-corrected chi connectivity index (χ2v) is 5.13. The average molecular weight is 282 g/mol. The minimum atomic E-state index is -0.797. The molecule has 21 heavy (non-hydrogen) atoms. The number of carbonyl (C=O) groups is 2. The normalized spacial score (nSPS) is 10.3. The van der Waals surface area contributed by atoms with Crippen molar-refractivity contribution in [3.8, 4) is 0 Å².